The highest BCUT2D eigenvalue weighted by Gasteiger charge is 2.15. The zero-order chi connectivity index (χ0) is 15.4. The number of hydrogen-bond acceptors (Lipinski definition) is 2. The molecule has 0 heterocycles. The zero-order valence-corrected chi connectivity index (χ0v) is 11.7. The van der Waals surface area contributed by atoms with Crippen LogP contribution in [0.25, 0.3) is 0 Å². The van der Waals surface area contributed by atoms with Crippen LogP contribution in [0, 0.1) is 11.6 Å². The minimum atomic E-state index is -0.683. The Balaban J connectivity index is 2.10. The van der Waals surface area contributed by atoms with Gasteiger partial charge in [0.05, 0.1) is 13.2 Å². The first-order valence-corrected chi connectivity index (χ1v) is 6.41. The Morgan fingerprint density at radius 3 is 2.38 bits per heavy atom. The van der Waals surface area contributed by atoms with Crippen molar-refractivity contribution in [2.75, 3.05) is 7.11 Å². The Morgan fingerprint density at radius 2 is 1.81 bits per heavy atom. The summed E-state index contributed by atoms with van der Waals surface area (Å²) >= 11 is 0. The molecule has 21 heavy (non-hydrogen) atoms. The molecule has 0 bridgehead atoms. The van der Waals surface area contributed by atoms with E-state index in [1.807, 2.05) is 0 Å². The lowest BCUT2D eigenvalue weighted by atomic mass is 10.1. The fraction of sp³-hybridized carbons (Fsp3) is 0.188. The van der Waals surface area contributed by atoms with Crippen molar-refractivity contribution in [3.8, 4) is 5.75 Å². The van der Waals surface area contributed by atoms with Gasteiger partial charge in [0.15, 0.2) is 0 Å². The minimum absolute atomic E-state index is 0.235. The second kappa shape index (κ2) is 6.35. The van der Waals surface area contributed by atoms with E-state index in [9.17, 15) is 13.6 Å². The van der Waals surface area contributed by atoms with Gasteiger partial charge in [0.25, 0.3) is 5.91 Å². The molecule has 0 aliphatic carbocycles. The SMILES string of the molecule is COc1ccc(C(=O)N[C@H](C)c2ccc(F)cc2F)cc1. The van der Waals surface area contributed by atoms with Crippen LogP contribution in [0.4, 0.5) is 8.78 Å². The molecule has 0 saturated heterocycles. The Hall–Kier alpha value is -2.43. The van der Waals surface area contributed by atoms with E-state index in [-0.39, 0.29) is 11.5 Å². The van der Waals surface area contributed by atoms with Crippen molar-refractivity contribution in [2.45, 2.75) is 13.0 Å². The number of hydrogen-bond donors (Lipinski definition) is 1. The highest BCUT2D eigenvalue weighted by Crippen LogP contribution is 2.18. The van der Waals surface area contributed by atoms with E-state index in [4.69, 9.17) is 4.74 Å². The molecular weight excluding hydrogens is 276 g/mol. The van der Waals surface area contributed by atoms with E-state index in [0.717, 1.165) is 12.1 Å². The van der Waals surface area contributed by atoms with E-state index >= 15 is 0 Å². The van der Waals surface area contributed by atoms with Crippen molar-refractivity contribution in [3.63, 3.8) is 0 Å². The summed E-state index contributed by atoms with van der Waals surface area (Å²) in [6.07, 6.45) is 0. The first-order chi connectivity index (χ1) is 10.0. The van der Waals surface area contributed by atoms with Crippen molar-refractivity contribution in [3.05, 3.63) is 65.2 Å². The third-order valence-corrected chi connectivity index (χ3v) is 3.13. The topological polar surface area (TPSA) is 38.3 Å². The number of rotatable bonds is 4. The highest BCUT2D eigenvalue weighted by atomic mass is 19.1. The van der Waals surface area contributed by atoms with Gasteiger partial charge in [0.1, 0.15) is 17.4 Å². The van der Waals surface area contributed by atoms with Crippen LogP contribution in [0.1, 0.15) is 28.9 Å². The van der Waals surface area contributed by atoms with Crippen LogP contribution in [0.3, 0.4) is 0 Å². The molecule has 0 aliphatic rings. The third-order valence-electron chi connectivity index (χ3n) is 3.13. The maximum atomic E-state index is 13.6. The summed E-state index contributed by atoms with van der Waals surface area (Å²) in [7, 11) is 1.54. The van der Waals surface area contributed by atoms with Crippen LogP contribution in [0.15, 0.2) is 42.5 Å². The van der Waals surface area contributed by atoms with E-state index < -0.39 is 17.7 Å². The van der Waals surface area contributed by atoms with Crippen molar-refractivity contribution >= 4 is 5.91 Å². The average Bonchev–Trinajstić information content (AvgIpc) is 2.47. The lowest BCUT2D eigenvalue weighted by Gasteiger charge is -2.15. The second-order valence-electron chi connectivity index (χ2n) is 4.59. The van der Waals surface area contributed by atoms with E-state index in [0.29, 0.717) is 11.3 Å². The van der Waals surface area contributed by atoms with Gasteiger partial charge in [-0.25, -0.2) is 8.78 Å². The molecule has 1 N–H and O–H groups in total. The molecule has 1 atom stereocenters. The van der Waals surface area contributed by atoms with Crippen molar-refractivity contribution in [2.24, 2.45) is 0 Å². The minimum Gasteiger partial charge on any atom is -0.497 e. The summed E-state index contributed by atoms with van der Waals surface area (Å²) in [5, 5.41) is 2.67. The van der Waals surface area contributed by atoms with Gasteiger partial charge in [0, 0.05) is 17.2 Å². The van der Waals surface area contributed by atoms with Gasteiger partial charge in [-0.05, 0) is 37.3 Å². The number of methoxy groups -OCH3 is 1. The number of halogens is 2. The summed E-state index contributed by atoms with van der Waals surface area (Å²) in [6, 6.07) is 9.27. The number of carbonyl (C=O) groups excluding carboxylic acids is 1. The molecule has 2 aromatic carbocycles. The third kappa shape index (κ3) is 3.56. The van der Waals surface area contributed by atoms with Crippen LogP contribution >= 0.6 is 0 Å². The van der Waals surface area contributed by atoms with Gasteiger partial charge in [0.2, 0.25) is 0 Å². The van der Waals surface area contributed by atoms with Gasteiger partial charge in [-0.2, -0.15) is 0 Å². The normalized spacial score (nSPS) is 11.8. The molecule has 0 unspecified atom stereocenters. The quantitative estimate of drug-likeness (QED) is 0.936. The molecule has 0 spiro atoms. The number of amides is 1. The molecule has 2 aromatic rings. The standard InChI is InChI=1S/C16H15F2NO2/c1-10(14-8-5-12(17)9-15(14)18)19-16(20)11-3-6-13(21-2)7-4-11/h3-10H,1-2H3,(H,19,20)/t10-/m1/s1. The molecule has 3 nitrogen and oxygen atoms in total. The van der Waals surface area contributed by atoms with E-state index in [2.05, 4.69) is 5.32 Å². The maximum absolute atomic E-state index is 13.6. The van der Waals surface area contributed by atoms with Gasteiger partial charge in [-0.1, -0.05) is 6.07 Å². The number of carbonyl (C=O) groups is 1. The van der Waals surface area contributed by atoms with Gasteiger partial charge >= 0.3 is 0 Å². The fourth-order valence-corrected chi connectivity index (χ4v) is 1.95. The van der Waals surface area contributed by atoms with Crippen molar-refractivity contribution in [1.29, 1.82) is 0 Å². The molecule has 110 valence electrons. The zero-order valence-electron chi connectivity index (χ0n) is 11.7. The first kappa shape index (κ1) is 15.0. The second-order valence-corrected chi connectivity index (χ2v) is 4.59. The molecule has 0 saturated carbocycles. The van der Waals surface area contributed by atoms with Crippen molar-refractivity contribution < 1.29 is 18.3 Å². The summed E-state index contributed by atoms with van der Waals surface area (Å²) in [6.45, 7) is 1.64. The fourth-order valence-electron chi connectivity index (χ4n) is 1.95. The van der Waals surface area contributed by atoms with Crippen LogP contribution in [-0.4, -0.2) is 13.0 Å². The number of ether oxygens (including phenoxy) is 1. The first-order valence-electron chi connectivity index (χ1n) is 6.41. The summed E-state index contributed by atoms with van der Waals surface area (Å²) in [5.74, 6) is -1.03. The molecule has 5 heteroatoms. The van der Waals surface area contributed by atoms with Crippen LogP contribution < -0.4 is 10.1 Å². The molecule has 2 rings (SSSR count). The smallest absolute Gasteiger partial charge is 0.251 e. The Bertz CT molecular complexity index is 641. The lowest BCUT2D eigenvalue weighted by molar-refractivity contribution is 0.0939. The Morgan fingerprint density at radius 1 is 1.14 bits per heavy atom. The summed E-state index contributed by atoms with van der Waals surface area (Å²) < 4.78 is 31.5. The average molecular weight is 291 g/mol. The van der Waals surface area contributed by atoms with Gasteiger partial charge in [-0.3, -0.25) is 4.79 Å². The Kier molecular flexibility index (Phi) is 4.52. The molecule has 0 aliphatic heterocycles. The Labute approximate surface area is 121 Å². The van der Waals surface area contributed by atoms with E-state index in [1.54, 1.807) is 31.2 Å². The number of nitrogens with one attached hydrogen (secondary N) is 1. The lowest BCUT2D eigenvalue weighted by Crippen LogP contribution is -2.27. The van der Waals surface area contributed by atoms with E-state index in [1.165, 1.54) is 13.2 Å². The summed E-state index contributed by atoms with van der Waals surface area (Å²) in [4.78, 5) is 12.1. The molecular formula is C16H15F2NO2. The van der Waals surface area contributed by atoms with Crippen LogP contribution in [0.2, 0.25) is 0 Å². The maximum Gasteiger partial charge on any atom is 0.251 e. The predicted molar refractivity (Wildman–Crippen MR) is 75.2 cm³/mol. The van der Waals surface area contributed by atoms with Gasteiger partial charge in [-0.15, -0.1) is 0 Å². The summed E-state index contributed by atoms with van der Waals surface area (Å²) in [5.41, 5.74) is 0.670. The number of benzene rings is 2. The predicted octanol–water partition coefficient (Wildman–Crippen LogP) is 3.46. The largest absolute Gasteiger partial charge is 0.497 e. The van der Waals surface area contributed by atoms with Crippen LogP contribution in [0.5, 0.6) is 5.75 Å². The van der Waals surface area contributed by atoms with Crippen LogP contribution in [-0.2, 0) is 0 Å². The van der Waals surface area contributed by atoms with Crippen molar-refractivity contribution in [1.82, 2.24) is 5.32 Å². The molecule has 0 fully saturated rings. The molecule has 0 aromatic heterocycles. The molecule has 1 amide bonds. The highest BCUT2D eigenvalue weighted by molar-refractivity contribution is 5.94. The van der Waals surface area contributed by atoms with Gasteiger partial charge < -0.3 is 10.1 Å². The molecule has 0 radical (unpaired) electrons. The monoisotopic (exact) mass is 291 g/mol.